The second-order valence-corrected chi connectivity index (χ2v) is 5.88. The number of carbonyl (C=O) groups is 2. The monoisotopic (exact) mass is 347 g/mol. The minimum absolute atomic E-state index is 0.133. The number of benzene rings is 1. The third kappa shape index (κ3) is 4.64. The lowest BCUT2D eigenvalue weighted by molar-refractivity contribution is -0.137. The van der Waals surface area contributed by atoms with E-state index in [0.29, 0.717) is 19.6 Å². The van der Waals surface area contributed by atoms with Crippen LogP contribution < -0.4 is 0 Å². The van der Waals surface area contributed by atoms with Crippen LogP contribution in [0.15, 0.2) is 42.5 Å². The third-order valence-electron chi connectivity index (χ3n) is 3.71. The maximum absolute atomic E-state index is 12.7. The Labute approximate surface area is 147 Å². The Morgan fingerprint density at radius 2 is 2.12 bits per heavy atom. The van der Waals surface area contributed by atoms with Gasteiger partial charge in [-0.25, -0.2) is 4.79 Å². The highest BCUT2D eigenvalue weighted by Crippen LogP contribution is 2.20. The normalized spacial score (nSPS) is 18.5. The van der Waals surface area contributed by atoms with Crippen molar-refractivity contribution in [1.29, 1.82) is 0 Å². The lowest BCUT2D eigenvalue weighted by Gasteiger charge is -2.23. The molecule has 0 aromatic heterocycles. The fraction of sp³-hybridized carbons (Fsp3) is 0.389. The Kier molecular flexibility index (Phi) is 6.49. The molecule has 1 aromatic carbocycles. The van der Waals surface area contributed by atoms with Gasteiger partial charge in [-0.05, 0) is 31.1 Å². The van der Waals surface area contributed by atoms with E-state index in [4.69, 9.17) is 21.7 Å². The van der Waals surface area contributed by atoms with E-state index in [1.54, 1.807) is 13.8 Å². The molecule has 5 nitrogen and oxygen atoms in total. The SMILES string of the molecule is CCOC(=O)/C=C\[C@@H](C)C(=O)N1C(=S)OC[C@@H]1Cc1ccccc1. The molecule has 0 unspecified atom stereocenters. The van der Waals surface area contributed by atoms with E-state index in [2.05, 4.69) is 0 Å². The van der Waals surface area contributed by atoms with Gasteiger partial charge >= 0.3 is 5.97 Å². The maximum atomic E-state index is 12.7. The van der Waals surface area contributed by atoms with Crippen molar-refractivity contribution in [3.63, 3.8) is 0 Å². The molecule has 0 aliphatic carbocycles. The average Bonchev–Trinajstić information content (AvgIpc) is 2.93. The van der Waals surface area contributed by atoms with Crippen molar-refractivity contribution in [3.8, 4) is 0 Å². The van der Waals surface area contributed by atoms with Crippen molar-refractivity contribution in [2.45, 2.75) is 26.3 Å². The van der Waals surface area contributed by atoms with Crippen LogP contribution in [0.5, 0.6) is 0 Å². The predicted octanol–water partition coefficient (Wildman–Crippen LogP) is 2.50. The molecule has 24 heavy (non-hydrogen) atoms. The first-order valence-electron chi connectivity index (χ1n) is 7.91. The molecule has 1 aliphatic rings. The van der Waals surface area contributed by atoms with Gasteiger partial charge in [-0.2, -0.15) is 0 Å². The first-order valence-corrected chi connectivity index (χ1v) is 8.32. The molecular formula is C18H21NO4S. The van der Waals surface area contributed by atoms with Crippen LogP contribution in [0.4, 0.5) is 0 Å². The van der Waals surface area contributed by atoms with Crippen LogP contribution in [0.25, 0.3) is 0 Å². The lowest BCUT2D eigenvalue weighted by atomic mass is 10.0. The van der Waals surface area contributed by atoms with E-state index < -0.39 is 11.9 Å². The van der Waals surface area contributed by atoms with Gasteiger partial charge in [-0.15, -0.1) is 0 Å². The van der Waals surface area contributed by atoms with Gasteiger partial charge in [-0.1, -0.05) is 43.3 Å². The van der Waals surface area contributed by atoms with Crippen LogP contribution in [-0.4, -0.2) is 41.2 Å². The largest absolute Gasteiger partial charge is 0.468 e. The van der Waals surface area contributed by atoms with Gasteiger partial charge in [0.15, 0.2) is 0 Å². The van der Waals surface area contributed by atoms with Crippen LogP contribution in [0, 0.1) is 5.92 Å². The summed E-state index contributed by atoms with van der Waals surface area (Å²) >= 11 is 5.17. The summed E-state index contributed by atoms with van der Waals surface area (Å²) < 4.78 is 10.2. The minimum Gasteiger partial charge on any atom is -0.468 e. The molecule has 1 amide bonds. The molecule has 0 radical (unpaired) electrons. The molecular weight excluding hydrogens is 326 g/mol. The number of nitrogens with zero attached hydrogens (tertiary/aromatic N) is 1. The second kappa shape index (κ2) is 8.59. The smallest absolute Gasteiger partial charge is 0.330 e. The average molecular weight is 347 g/mol. The van der Waals surface area contributed by atoms with Crippen molar-refractivity contribution >= 4 is 29.3 Å². The van der Waals surface area contributed by atoms with E-state index >= 15 is 0 Å². The van der Waals surface area contributed by atoms with E-state index in [1.165, 1.54) is 17.1 Å². The Balaban J connectivity index is 2.04. The molecule has 128 valence electrons. The Morgan fingerprint density at radius 3 is 2.79 bits per heavy atom. The van der Waals surface area contributed by atoms with E-state index in [-0.39, 0.29) is 17.1 Å². The molecule has 0 bridgehead atoms. The molecule has 0 saturated carbocycles. The summed E-state index contributed by atoms with van der Waals surface area (Å²) in [7, 11) is 0. The number of hydrogen-bond donors (Lipinski definition) is 0. The van der Waals surface area contributed by atoms with Crippen molar-refractivity contribution in [2.75, 3.05) is 13.2 Å². The van der Waals surface area contributed by atoms with Crippen LogP contribution in [0.2, 0.25) is 0 Å². The zero-order chi connectivity index (χ0) is 17.5. The summed E-state index contributed by atoms with van der Waals surface area (Å²) in [6, 6.07) is 9.75. The predicted molar refractivity (Wildman–Crippen MR) is 94.3 cm³/mol. The van der Waals surface area contributed by atoms with Crippen LogP contribution >= 0.6 is 12.2 Å². The summed E-state index contributed by atoms with van der Waals surface area (Å²) in [5, 5.41) is 0.192. The Hall–Kier alpha value is -2.21. The highest BCUT2D eigenvalue weighted by atomic mass is 32.1. The van der Waals surface area contributed by atoms with Crippen LogP contribution in [0.1, 0.15) is 19.4 Å². The molecule has 2 atom stereocenters. The van der Waals surface area contributed by atoms with Crippen LogP contribution in [-0.2, 0) is 25.5 Å². The molecule has 6 heteroatoms. The Morgan fingerprint density at radius 1 is 1.42 bits per heavy atom. The second-order valence-electron chi connectivity index (χ2n) is 5.53. The highest BCUT2D eigenvalue weighted by Gasteiger charge is 2.36. The van der Waals surface area contributed by atoms with Crippen molar-refractivity contribution < 1.29 is 19.1 Å². The number of amides is 1. The van der Waals surface area contributed by atoms with Crippen LogP contribution in [0.3, 0.4) is 0 Å². The zero-order valence-electron chi connectivity index (χ0n) is 13.8. The summed E-state index contributed by atoms with van der Waals surface area (Å²) in [6.07, 6.45) is 3.47. The standard InChI is InChI=1S/C18H21NO4S/c1-3-22-16(20)10-9-13(2)17(21)19-15(12-23-18(19)24)11-14-7-5-4-6-8-14/h4-10,13,15H,3,11-12H2,1-2H3/b10-9-/t13-,15+/m1/s1. The summed E-state index contributed by atoms with van der Waals surface area (Å²) in [6.45, 7) is 4.13. The molecule has 0 spiro atoms. The molecule has 2 rings (SSSR count). The van der Waals surface area contributed by atoms with Gasteiger partial charge in [0.25, 0.3) is 5.17 Å². The molecule has 1 aliphatic heterocycles. The van der Waals surface area contributed by atoms with Gasteiger partial charge in [0, 0.05) is 6.08 Å². The molecule has 1 heterocycles. The van der Waals surface area contributed by atoms with Crippen molar-refractivity contribution in [2.24, 2.45) is 5.92 Å². The number of hydrogen-bond acceptors (Lipinski definition) is 5. The number of thiocarbonyl (C=S) groups is 1. The number of esters is 1. The van der Waals surface area contributed by atoms with Gasteiger partial charge in [0.1, 0.15) is 6.61 Å². The maximum Gasteiger partial charge on any atom is 0.330 e. The quantitative estimate of drug-likeness (QED) is 0.450. The zero-order valence-corrected chi connectivity index (χ0v) is 14.6. The fourth-order valence-corrected chi connectivity index (χ4v) is 2.79. The summed E-state index contributed by atoms with van der Waals surface area (Å²) in [5.41, 5.74) is 1.11. The number of rotatable bonds is 6. The summed E-state index contributed by atoms with van der Waals surface area (Å²) in [4.78, 5) is 25.6. The molecule has 1 fully saturated rings. The topological polar surface area (TPSA) is 55.8 Å². The fourth-order valence-electron chi connectivity index (χ4n) is 2.48. The first-order chi connectivity index (χ1) is 11.5. The van der Waals surface area contributed by atoms with E-state index in [0.717, 1.165) is 5.56 Å². The lowest BCUT2D eigenvalue weighted by Crippen LogP contribution is -2.42. The van der Waals surface area contributed by atoms with Crippen molar-refractivity contribution in [1.82, 2.24) is 4.90 Å². The Bertz CT molecular complexity index is 629. The van der Waals surface area contributed by atoms with Gasteiger partial charge < -0.3 is 9.47 Å². The molecule has 0 N–H and O–H groups in total. The minimum atomic E-state index is -0.493. The van der Waals surface area contributed by atoms with Gasteiger partial charge in [-0.3, -0.25) is 9.69 Å². The molecule has 1 saturated heterocycles. The number of carbonyl (C=O) groups excluding carboxylic acids is 2. The molecule has 1 aromatic rings. The number of ether oxygens (including phenoxy) is 2. The van der Waals surface area contributed by atoms with E-state index in [1.807, 2.05) is 30.3 Å². The van der Waals surface area contributed by atoms with Gasteiger partial charge in [0.05, 0.1) is 18.6 Å². The highest BCUT2D eigenvalue weighted by molar-refractivity contribution is 7.80. The third-order valence-corrected chi connectivity index (χ3v) is 4.02. The van der Waals surface area contributed by atoms with E-state index in [9.17, 15) is 9.59 Å². The first kappa shape index (κ1) is 18.1. The summed E-state index contributed by atoms with van der Waals surface area (Å²) in [5.74, 6) is -1.13. The van der Waals surface area contributed by atoms with Crippen molar-refractivity contribution in [3.05, 3.63) is 48.0 Å². The van der Waals surface area contributed by atoms with Gasteiger partial charge in [0.2, 0.25) is 5.91 Å².